The van der Waals surface area contributed by atoms with Crippen LogP contribution in [0.3, 0.4) is 0 Å². The molecule has 4 rings (SSSR count). The molecule has 1 saturated heterocycles. The number of alkyl halides is 1. The zero-order chi connectivity index (χ0) is 25.2. The number of hydrogen-bond acceptors (Lipinski definition) is 3. The zero-order valence-corrected chi connectivity index (χ0v) is 23.1. The average Bonchev–Trinajstić information content (AvgIpc) is 3.30. The molecular formula is C32H45FN2S. The molecule has 1 heterocycles. The van der Waals surface area contributed by atoms with Crippen LogP contribution in [0.2, 0.25) is 0 Å². The summed E-state index contributed by atoms with van der Waals surface area (Å²) in [6, 6.07) is 16.4. The van der Waals surface area contributed by atoms with Crippen LogP contribution < -0.4 is 5.32 Å². The van der Waals surface area contributed by atoms with Crippen LogP contribution in [-0.4, -0.2) is 42.5 Å². The van der Waals surface area contributed by atoms with Crippen molar-refractivity contribution in [3.8, 4) is 0 Å². The van der Waals surface area contributed by atoms with Gasteiger partial charge in [0.2, 0.25) is 0 Å². The smallest absolute Gasteiger partial charge is 0.114 e. The lowest BCUT2D eigenvalue weighted by molar-refractivity contribution is 0.264. The minimum atomic E-state index is -0.667. The van der Waals surface area contributed by atoms with E-state index < -0.39 is 6.17 Å². The van der Waals surface area contributed by atoms with E-state index in [1.54, 1.807) is 5.56 Å². The predicted octanol–water partition coefficient (Wildman–Crippen LogP) is 7.54. The molecule has 1 fully saturated rings. The Balaban J connectivity index is 1.21. The quantitative estimate of drug-likeness (QED) is 0.210. The van der Waals surface area contributed by atoms with Crippen molar-refractivity contribution >= 4 is 11.8 Å². The SMILES string of the molecule is C=C(CCCCCSc1ccc(CC)cc1)NC(Cc1ccc2c(c1)CCCC2)CN1CCC(F)C1. The van der Waals surface area contributed by atoms with E-state index >= 15 is 0 Å². The Morgan fingerprint density at radius 2 is 1.83 bits per heavy atom. The van der Waals surface area contributed by atoms with E-state index in [0.29, 0.717) is 13.0 Å². The first-order valence-corrected chi connectivity index (χ1v) is 15.2. The van der Waals surface area contributed by atoms with E-state index in [0.717, 1.165) is 38.0 Å². The molecule has 0 spiro atoms. The fourth-order valence-electron chi connectivity index (χ4n) is 5.61. The Hall–Kier alpha value is -1.78. The first kappa shape index (κ1) is 27.3. The van der Waals surface area contributed by atoms with Crippen LogP contribution in [0, 0.1) is 0 Å². The minimum Gasteiger partial charge on any atom is -0.384 e. The summed E-state index contributed by atoms with van der Waals surface area (Å²) in [5.41, 5.74) is 7.03. The van der Waals surface area contributed by atoms with Crippen LogP contribution in [0.4, 0.5) is 4.39 Å². The number of nitrogens with zero attached hydrogens (tertiary/aromatic N) is 1. The molecule has 0 aromatic heterocycles. The molecule has 4 heteroatoms. The van der Waals surface area contributed by atoms with Gasteiger partial charge in [0.25, 0.3) is 0 Å². The van der Waals surface area contributed by atoms with Gasteiger partial charge in [0, 0.05) is 36.3 Å². The topological polar surface area (TPSA) is 15.3 Å². The highest BCUT2D eigenvalue weighted by Crippen LogP contribution is 2.24. The molecule has 2 aromatic carbocycles. The van der Waals surface area contributed by atoms with Crippen LogP contribution in [0.1, 0.15) is 74.1 Å². The highest BCUT2D eigenvalue weighted by Gasteiger charge is 2.24. The number of rotatable bonds is 14. The molecule has 0 radical (unpaired) electrons. The number of allylic oxidation sites excluding steroid dienone is 1. The lowest BCUT2D eigenvalue weighted by Gasteiger charge is -2.27. The monoisotopic (exact) mass is 508 g/mol. The van der Waals surface area contributed by atoms with Gasteiger partial charge in [0.05, 0.1) is 0 Å². The van der Waals surface area contributed by atoms with Gasteiger partial charge in [-0.2, -0.15) is 0 Å². The number of aryl methyl sites for hydroxylation is 3. The first-order valence-electron chi connectivity index (χ1n) is 14.2. The van der Waals surface area contributed by atoms with Crippen LogP contribution in [-0.2, 0) is 25.7 Å². The van der Waals surface area contributed by atoms with Gasteiger partial charge in [0.1, 0.15) is 6.17 Å². The number of nitrogens with one attached hydrogen (secondary N) is 1. The van der Waals surface area contributed by atoms with Gasteiger partial charge in [-0.3, -0.25) is 4.90 Å². The number of thioether (sulfide) groups is 1. The Morgan fingerprint density at radius 3 is 2.58 bits per heavy atom. The summed E-state index contributed by atoms with van der Waals surface area (Å²) < 4.78 is 13.8. The second kappa shape index (κ2) is 14.2. The Labute approximate surface area is 223 Å². The summed E-state index contributed by atoms with van der Waals surface area (Å²) in [4.78, 5) is 3.67. The number of hydrogen-bond donors (Lipinski definition) is 1. The number of benzene rings is 2. The minimum absolute atomic E-state index is 0.283. The van der Waals surface area contributed by atoms with E-state index in [1.165, 1.54) is 72.3 Å². The first-order chi connectivity index (χ1) is 17.6. The van der Waals surface area contributed by atoms with E-state index in [-0.39, 0.29) is 6.04 Å². The maximum atomic E-state index is 13.8. The Kier molecular flexibility index (Phi) is 10.8. The van der Waals surface area contributed by atoms with Crippen LogP contribution in [0.15, 0.2) is 59.6 Å². The number of halogens is 1. The van der Waals surface area contributed by atoms with Gasteiger partial charge >= 0.3 is 0 Å². The van der Waals surface area contributed by atoms with E-state index in [9.17, 15) is 4.39 Å². The maximum absolute atomic E-state index is 13.8. The Morgan fingerprint density at radius 1 is 1.06 bits per heavy atom. The molecule has 0 amide bonds. The number of unbranched alkanes of at least 4 members (excludes halogenated alkanes) is 2. The normalized spacial score (nSPS) is 18.7. The van der Waals surface area contributed by atoms with Crippen molar-refractivity contribution in [1.29, 1.82) is 0 Å². The van der Waals surface area contributed by atoms with Gasteiger partial charge in [0.15, 0.2) is 0 Å². The molecule has 2 nitrogen and oxygen atoms in total. The largest absolute Gasteiger partial charge is 0.384 e. The average molecular weight is 509 g/mol. The van der Waals surface area contributed by atoms with Crippen molar-refractivity contribution in [3.05, 3.63) is 77.0 Å². The third-order valence-corrected chi connectivity index (χ3v) is 8.82. The molecule has 1 aliphatic heterocycles. The van der Waals surface area contributed by atoms with Crippen LogP contribution >= 0.6 is 11.8 Å². The van der Waals surface area contributed by atoms with Gasteiger partial charge < -0.3 is 5.32 Å². The van der Waals surface area contributed by atoms with E-state index in [1.807, 2.05) is 11.8 Å². The summed E-state index contributed by atoms with van der Waals surface area (Å²) in [6.45, 7) is 8.91. The number of fused-ring (bicyclic) bond motifs is 1. The molecule has 196 valence electrons. The highest BCUT2D eigenvalue weighted by atomic mass is 32.2. The predicted molar refractivity (Wildman–Crippen MR) is 154 cm³/mol. The molecule has 1 N–H and O–H groups in total. The van der Waals surface area contributed by atoms with Crippen molar-refractivity contribution in [2.24, 2.45) is 0 Å². The van der Waals surface area contributed by atoms with Crippen LogP contribution in [0.25, 0.3) is 0 Å². The molecule has 0 bridgehead atoms. The van der Waals surface area contributed by atoms with Crippen molar-refractivity contribution in [2.45, 2.75) is 94.7 Å². The molecule has 36 heavy (non-hydrogen) atoms. The van der Waals surface area contributed by atoms with Crippen molar-refractivity contribution in [3.63, 3.8) is 0 Å². The second-order valence-electron chi connectivity index (χ2n) is 10.8. The van der Waals surface area contributed by atoms with Gasteiger partial charge in [-0.15, -0.1) is 11.8 Å². The van der Waals surface area contributed by atoms with Crippen molar-refractivity contribution < 1.29 is 4.39 Å². The maximum Gasteiger partial charge on any atom is 0.114 e. The van der Waals surface area contributed by atoms with Crippen molar-refractivity contribution in [1.82, 2.24) is 10.2 Å². The molecule has 2 aromatic rings. The second-order valence-corrected chi connectivity index (χ2v) is 11.9. The van der Waals surface area contributed by atoms with Gasteiger partial charge in [-0.25, -0.2) is 4.39 Å². The van der Waals surface area contributed by atoms with E-state index in [2.05, 4.69) is 66.2 Å². The van der Waals surface area contributed by atoms with E-state index in [4.69, 9.17) is 0 Å². The summed E-state index contributed by atoms with van der Waals surface area (Å²) in [6.07, 6.45) is 11.8. The van der Waals surface area contributed by atoms with Crippen molar-refractivity contribution in [2.75, 3.05) is 25.4 Å². The molecule has 2 aliphatic rings. The fraction of sp³-hybridized carbons (Fsp3) is 0.562. The lowest BCUT2D eigenvalue weighted by Crippen LogP contribution is -2.41. The molecule has 1 aliphatic carbocycles. The summed E-state index contributed by atoms with van der Waals surface area (Å²) in [5.74, 6) is 1.17. The van der Waals surface area contributed by atoms with Crippen LogP contribution in [0.5, 0.6) is 0 Å². The molecule has 0 saturated carbocycles. The molecule has 2 unspecified atom stereocenters. The van der Waals surface area contributed by atoms with Gasteiger partial charge in [-0.1, -0.05) is 50.3 Å². The molecule has 2 atom stereocenters. The lowest BCUT2D eigenvalue weighted by atomic mass is 9.89. The fourth-order valence-corrected chi connectivity index (χ4v) is 6.52. The number of likely N-dealkylation sites (tertiary alicyclic amines) is 1. The summed E-state index contributed by atoms with van der Waals surface area (Å²) >= 11 is 1.96. The Bertz CT molecular complexity index is 957. The van der Waals surface area contributed by atoms with Gasteiger partial charge in [-0.05, 0) is 104 Å². The standard InChI is InChI=1S/C32H45FN2S/c1-3-26-13-16-32(17-14-26)36-20-8-4-5-9-25(2)34-31(24-35-19-18-30(33)23-35)22-27-12-15-28-10-6-7-11-29(28)21-27/h12-17,21,30-31,34H,2-11,18-20,22-24H2,1H3. The zero-order valence-electron chi connectivity index (χ0n) is 22.2. The third kappa shape index (κ3) is 8.66. The molecular weight excluding hydrogens is 463 g/mol. The highest BCUT2D eigenvalue weighted by molar-refractivity contribution is 7.99. The third-order valence-electron chi connectivity index (χ3n) is 7.72. The summed E-state index contributed by atoms with van der Waals surface area (Å²) in [7, 11) is 0. The summed E-state index contributed by atoms with van der Waals surface area (Å²) in [5, 5.41) is 3.75.